The van der Waals surface area contributed by atoms with Crippen LogP contribution in [0.25, 0.3) is 0 Å². The van der Waals surface area contributed by atoms with Crippen molar-refractivity contribution in [2.75, 3.05) is 7.11 Å². The van der Waals surface area contributed by atoms with Crippen molar-refractivity contribution in [1.82, 2.24) is 19.7 Å². The molecule has 0 radical (unpaired) electrons. The Morgan fingerprint density at radius 2 is 1.95 bits per heavy atom. The third-order valence-corrected chi connectivity index (χ3v) is 8.88. The fourth-order valence-electron chi connectivity index (χ4n) is 6.86. The van der Waals surface area contributed by atoms with Crippen molar-refractivity contribution >= 4 is 5.91 Å². The molecule has 1 amide bonds. The summed E-state index contributed by atoms with van der Waals surface area (Å²) in [5.74, 6) is -0.841. The number of hydrogen-bond donors (Lipinski definition) is 2. The summed E-state index contributed by atoms with van der Waals surface area (Å²) in [6.07, 6.45) is 3.20. The first-order valence-corrected chi connectivity index (χ1v) is 13.8. The number of carbonyl (C=O) groups excluding carboxylic acids is 1. The summed E-state index contributed by atoms with van der Waals surface area (Å²) in [6, 6.07) is -0.0892. The lowest BCUT2D eigenvalue weighted by molar-refractivity contribution is -0.142. The van der Waals surface area contributed by atoms with Gasteiger partial charge in [0.1, 0.15) is 12.4 Å². The van der Waals surface area contributed by atoms with Crippen molar-refractivity contribution in [3.63, 3.8) is 0 Å². The van der Waals surface area contributed by atoms with Gasteiger partial charge in [-0.1, -0.05) is 0 Å². The number of carbonyl (C=O) groups is 1. The van der Waals surface area contributed by atoms with Gasteiger partial charge in [-0.3, -0.25) is 19.5 Å². The number of amides is 1. The van der Waals surface area contributed by atoms with Gasteiger partial charge in [0.05, 0.1) is 6.10 Å². The molecule has 8 nitrogen and oxygen atoms in total. The predicted octanol–water partition coefficient (Wildman–Crippen LogP) is 4.56. The van der Waals surface area contributed by atoms with Crippen molar-refractivity contribution in [3.8, 4) is 0 Å². The average Bonchev–Trinajstić information content (AvgIpc) is 3.53. The van der Waals surface area contributed by atoms with Crippen molar-refractivity contribution in [3.05, 3.63) is 35.6 Å². The third kappa shape index (κ3) is 6.25. The molecule has 3 saturated carbocycles. The molecule has 0 saturated heterocycles. The van der Waals surface area contributed by atoms with Crippen LogP contribution in [0.5, 0.6) is 0 Å². The van der Waals surface area contributed by atoms with Crippen molar-refractivity contribution in [2.24, 2.45) is 30.7 Å². The van der Waals surface area contributed by atoms with Gasteiger partial charge in [0.25, 0.3) is 5.68 Å². The molecular formula is C27H37F4N5O3. The van der Waals surface area contributed by atoms with Gasteiger partial charge in [-0.05, 0) is 75.0 Å². The molecule has 5 rings (SSSR count). The summed E-state index contributed by atoms with van der Waals surface area (Å²) < 4.78 is 69.1. The SMILES string of the molecule is COC1CC([C@@H](NC(=O)C2CC(Cn3ccoc3=N)CC(c3cn(C)nc3C(F)(F)F)C2)C2CC2)CCC1F. The monoisotopic (exact) mass is 555 g/mol. The Balaban J connectivity index is 1.37. The molecule has 216 valence electrons. The number of oxazole rings is 1. The largest absolute Gasteiger partial charge is 0.435 e. The van der Waals surface area contributed by atoms with E-state index < -0.39 is 36.0 Å². The highest BCUT2D eigenvalue weighted by Gasteiger charge is 2.45. The summed E-state index contributed by atoms with van der Waals surface area (Å²) in [5.41, 5.74) is -0.837. The number of aryl methyl sites for hydroxylation is 1. The number of aromatic nitrogens is 3. The Morgan fingerprint density at radius 3 is 2.59 bits per heavy atom. The fraction of sp³-hybridized carbons (Fsp3) is 0.741. The van der Waals surface area contributed by atoms with E-state index in [1.54, 1.807) is 10.8 Å². The second-order valence-corrected chi connectivity index (χ2v) is 11.7. The molecule has 0 aromatic carbocycles. The summed E-state index contributed by atoms with van der Waals surface area (Å²) in [4.78, 5) is 13.8. The number of methoxy groups -OCH3 is 1. The lowest BCUT2D eigenvalue weighted by Crippen LogP contribution is -2.49. The third-order valence-electron chi connectivity index (χ3n) is 8.88. The fourth-order valence-corrected chi connectivity index (χ4v) is 6.86. The van der Waals surface area contributed by atoms with Gasteiger partial charge < -0.3 is 14.5 Å². The van der Waals surface area contributed by atoms with Crippen LogP contribution in [0, 0.1) is 29.1 Å². The highest BCUT2D eigenvalue weighted by Crippen LogP contribution is 2.45. The van der Waals surface area contributed by atoms with Crippen LogP contribution >= 0.6 is 0 Å². The molecule has 2 N–H and O–H groups in total. The minimum absolute atomic E-state index is 0.0413. The number of rotatable bonds is 8. The second kappa shape index (κ2) is 11.1. The minimum atomic E-state index is -4.60. The number of hydrogen-bond acceptors (Lipinski definition) is 5. The zero-order valence-corrected chi connectivity index (χ0v) is 22.3. The van der Waals surface area contributed by atoms with E-state index in [1.807, 2.05) is 0 Å². The lowest BCUT2D eigenvalue weighted by atomic mass is 9.72. The van der Waals surface area contributed by atoms with E-state index in [0.29, 0.717) is 44.6 Å². The molecule has 7 atom stereocenters. The van der Waals surface area contributed by atoms with Gasteiger partial charge in [-0.25, -0.2) is 4.39 Å². The molecule has 0 aliphatic heterocycles. The van der Waals surface area contributed by atoms with Crippen LogP contribution in [0.2, 0.25) is 0 Å². The topological polar surface area (TPSA) is 98.1 Å². The van der Waals surface area contributed by atoms with Crippen LogP contribution in [0.4, 0.5) is 17.6 Å². The Hall–Kier alpha value is -2.63. The van der Waals surface area contributed by atoms with Crippen molar-refractivity contribution < 1.29 is 31.5 Å². The maximum atomic E-state index is 14.3. The maximum Gasteiger partial charge on any atom is 0.435 e. The van der Waals surface area contributed by atoms with Gasteiger partial charge >= 0.3 is 6.18 Å². The van der Waals surface area contributed by atoms with Crippen LogP contribution in [0.3, 0.4) is 0 Å². The van der Waals surface area contributed by atoms with Gasteiger partial charge in [0.15, 0.2) is 5.69 Å². The van der Waals surface area contributed by atoms with Crippen molar-refractivity contribution in [2.45, 2.75) is 88.3 Å². The highest BCUT2D eigenvalue weighted by molar-refractivity contribution is 5.79. The number of alkyl halides is 4. The number of nitrogens with zero attached hydrogens (tertiary/aromatic N) is 3. The molecule has 3 aliphatic carbocycles. The van der Waals surface area contributed by atoms with E-state index in [4.69, 9.17) is 14.6 Å². The van der Waals surface area contributed by atoms with Crippen LogP contribution in [-0.4, -0.2) is 45.7 Å². The molecule has 2 aromatic heterocycles. The first kappa shape index (κ1) is 27.9. The molecule has 0 bridgehead atoms. The predicted molar refractivity (Wildman–Crippen MR) is 132 cm³/mol. The Morgan fingerprint density at radius 1 is 1.21 bits per heavy atom. The number of halogens is 4. The quantitative estimate of drug-likeness (QED) is 0.467. The molecule has 2 heterocycles. The molecule has 0 spiro atoms. The van der Waals surface area contributed by atoms with Crippen LogP contribution in [-0.2, 0) is 29.3 Å². The summed E-state index contributed by atoms with van der Waals surface area (Å²) >= 11 is 0. The van der Waals surface area contributed by atoms with Crippen molar-refractivity contribution in [1.29, 1.82) is 5.41 Å². The molecule has 39 heavy (non-hydrogen) atoms. The first-order valence-electron chi connectivity index (χ1n) is 13.8. The average molecular weight is 556 g/mol. The Bertz CT molecular complexity index is 1200. The molecule has 3 aliphatic rings. The van der Waals surface area contributed by atoms with E-state index in [9.17, 15) is 22.4 Å². The van der Waals surface area contributed by atoms with Gasteiger partial charge in [-0.15, -0.1) is 0 Å². The van der Waals surface area contributed by atoms with Gasteiger partial charge in [0, 0.05) is 50.6 Å². The number of ether oxygens (including phenoxy) is 1. The maximum absolute atomic E-state index is 14.3. The van der Waals surface area contributed by atoms with Crippen LogP contribution in [0.1, 0.15) is 68.5 Å². The van der Waals surface area contributed by atoms with E-state index in [0.717, 1.165) is 12.8 Å². The van der Waals surface area contributed by atoms with E-state index in [1.165, 1.54) is 31.3 Å². The standard InChI is InChI=1S/C27H37F4N5O3/c1-35-14-20(24(34-35)27(29,30)31)18-9-15(13-36-7-8-39-26(36)32)10-19(11-18)25(37)33-23(16-3-4-16)17-5-6-21(28)22(12-17)38-2/h7-8,14-19,21-23,32H,3-6,9-13H2,1-2H3,(H,33,37)/t15?,17?,18?,19?,21?,22?,23-/m0/s1. The Labute approximate surface area is 224 Å². The van der Waals surface area contributed by atoms with Crippen LogP contribution < -0.4 is 11.0 Å². The molecule has 12 heteroatoms. The normalized spacial score (nSPS) is 30.7. The first-order chi connectivity index (χ1) is 18.5. The van der Waals surface area contributed by atoms with E-state index >= 15 is 0 Å². The van der Waals surface area contributed by atoms with E-state index in [2.05, 4.69) is 10.4 Å². The Kier molecular flexibility index (Phi) is 7.94. The summed E-state index contributed by atoms with van der Waals surface area (Å²) in [6.45, 7) is 0.374. The molecular weight excluding hydrogens is 518 g/mol. The van der Waals surface area contributed by atoms with Gasteiger partial charge in [0.2, 0.25) is 5.91 Å². The zero-order valence-electron chi connectivity index (χ0n) is 22.3. The van der Waals surface area contributed by atoms with Crippen LogP contribution in [0.15, 0.2) is 23.1 Å². The summed E-state index contributed by atoms with van der Waals surface area (Å²) in [5, 5.41) is 14.9. The molecule has 6 unspecified atom stereocenters. The molecule has 2 aromatic rings. The lowest BCUT2D eigenvalue weighted by Gasteiger charge is -2.38. The zero-order chi connectivity index (χ0) is 27.9. The van der Waals surface area contributed by atoms with Gasteiger partial charge in [-0.2, -0.15) is 18.3 Å². The summed E-state index contributed by atoms with van der Waals surface area (Å²) in [7, 11) is 2.98. The second-order valence-electron chi connectivity index (χ2n) is 11.7. The molecule has 3 fully saturated rings. The number of nitrogens with one attached hydrogen (secondary N) is 2. The smallest absolute Gasteiger partial charge is 0.432 e. The minimum Gasteiger partial charge on any atom is -0.432 e. The highest BCUT2D eigenvalue weighted by atomic mass is 19.4. The van der Waals surface area contributed by atoms with E-state index in [-0.39, 0.29) is 41.5 Å².